The highest BCUT2D eigenvalue weighted by molar-refractivity contribution is 7.92. The van der Waals surface area contributed by atoms with E-state index in [0.717, 1.165) is 66.5 Å². The molecule has 1 amide bonds. The molecule has 2 heterocycles. The number of nitrogens with one attached hydrogen (secondary N) is 2. The predicted molar refractivity (Wildman–Crippen MR) is 171 cm³/mol. The average Bonchev–Trinajstić information content (AvgIpc) is 3.05. The molecule has 2 N–H and O–H groups in total. The van der Waals surface area contributed by atoms with Crippen molar-refractivity contribution in [3.8, 4) is 0 Å². The van der Waals surface area contributed by atoms with Gasteiger partial charge in [0.2, 0.25) is 11.9 Å². The zero-order valence-corrected chi connectivity index (χ0v) is 25.0. The lowest BCUT2D eigenvalue weighted by Crippen LogP contribution is -2.50. The van der Waals surface area contributed by atoms with E-state index in [1.165, 1.54) is 18.6 Å². The second kappa shape index (κ2) is 12.9. The largest absolute Gasteiger partial charge is 0.352 e. The van der Waals surface area contributed by atoms with Crippen LogP contribution in [0.3, 0.4) is 0 Å². The molecule has 44 heavy (non-hydrogen) atoms. The van der Waals surface area contributed by atoms with E-state index in [1.54, 1.807) is 24.3 Å². The Balaban J connectivity index is 1.17. The fourth-order valence-corrected chi connectivity index (χ4v) is 6.74. The summed E-state index contributed by atoms with van der Waals surface area (Å²) in [7, 11) is -3.85. The van der Waals surface area contributed by atoms with Crippen LogP contribution in [0, 0.1) is 5.82 Å². The zero-order valence-electron chi connectivity index (χ0n) is 24.2. The normalized spacial score (nSPS) is 16.6. The lowest BCUT2D eigenvalue weighted by Gasteiger charge is -2.43. The number of benzene rings is 4. The second-order valence-corrected chi connectivity index (χ2v) is 12.7. The molecule has 0 saturated carbocycles. The number of fused-ring (bicyclic) bond motifs is 1. The van der Waals surface area contributed by atoms with Gasteiger partial charge in [0.05, 0.1) is 23.0 Å². The van der Waals surface area contributed by atoms with Crippen molar-refractivity contribution in [3.63, 3.8) is 0 Å². The van der Waals surface area contributed by atoms with E-state index in [4.69, 9.17) is 4.99 Å². The van der Waals surface area contributed by atoms with E-state index in [0.29, 0.717) is 5.69 Å². The quantitative estimate of drug-likeness (QED) is 0.242. The van der Waals surface area contributed by atoms with Crippen LogP contribution in [0.1, 0.15) is 42.9 Å². The molecule has 0 bridgehead atoms. The van der Waals surface area contributed by atoms with Gasteiger partial charge in [-0.15, -0.1) is 0 Å². The Morgan fingerprint density at radius 1 is 0.841 bits per heavy atom. The number of rotatable bonds is 8. The molecule has 1 saturated heterocycles. The first-order valence-corrected chi connectivity index (χ1v) is 16.3. The number of carbonyl (C=O) groups is 1. The number of sulfonamides is 1. The third-order valence-corrected chi connectivity index (χ3v) is 9.31. The molecular weight excluding hydrogens is 577 g/mol. The molecule has 10 heteroatoms. The first-order valence-electron chi connectivity index (χ1n) is 14.8. The Kier molecular flexibility index (Phi) is 8.60. The highest BCUT2D eigenvalue weighted by atomic mass is 32.2. The number of likely N-dealkylation sites (tertiary alicyclic amines) is 1. The van der Waals surface area contributed by atoms with Crippen LogP contribution in [-0.4, -0.2) is 38.3 Å². The lowest BCUT2D eigenvalue weighted by molar-refractivity contribution is -0.121. The summed E-state index contributed by atoms with van der Waals surface area (Å²) in [5.74, 6) is 0.268. The number of aliphatic imine (C=N–C) groups is 1. The summed E-state index contributed by atoms with van der Waals surface area (Å²) in [6, 6.07) is 29.3. The Hall–Kier alpha value is -4.70. The first kappa shape index (κ1) is 29.4. The van der Waals surface area contributed by atoms with Crippen molar-refractivity contribution in [2.45, 2.75) is 43.2 Å². The number of para-hydroxylation sites is 2. The molecule has 1 unspecified atom stereocenters. The molecule has 2 aliphatic heterocycles. The Morgan fingerprint density at radius 2 is 1.52 bits per heavy atom. The molecule has 4 aromatic rings. The van der Waals surface area contributed by atoms with Crippen molar-refractivity contribution in [2.75, 3.05) is 22.7 Å². The Morgan fingerprint density at radius 3 is 2.25 bits per heavy atom. The van der Waals surface area contributed by atoms with Gasteiger partial charge in [0.25, 0.3) is 10.0 Å². The van der Waals surface area contributed by atoms with Gasteiger partial charge in [-0.1, -0.05) is 48.5 Å². The van der Waals surface area contributed by atoms with Crippen LogP contribution in [0.5, 0.6) is 0 Å². The molecule has 1 fully saturated rings. The van der Waals surface area contributed by atoms with Gasteiger partial charge in [0.15, 0.2) is 0 Å². The van der Waals surface area contributed by atoms with Gasteiger partial charge < -0.3 is 15.1 Å². The van der Waals surface area contributed by atoms with Gasteiger partial charge in [-0.3, -0.25) is 9.52 Å². The van der Waals surface area contributed by atoms with Gasteiger partial charge in [0, 0.05) is 36.6 Å². The van der Waals surface area contributed by atoms with Crippen molar-refractivity contribution in [1.29, 1.82) is 0 Å². The number of guanidine groups is 1. The van der Waals surface area contributed by atoms with E-state index in [2.05, 4.69) is 32.0 Å². The second-order valence-electron chi connectivity index (χ2n) is 11.0. The van der Waals surface area contributed by atoms with Gasteiger partial charge in [0.1, 0.15) is 5.82 Å². The maximum Gasteiger partial charge on any atom is 0.261 e. The van der Waals surface area contributed by atoms with Crippen LogP contribution in [0.25, 0.3) is 0 Å². The van der Waals surface area contributed by atoms with Crippen molar-refractivity contribution in [3.05, 3.63) is 120 Å². The van der Waals surface area contributed by atoms with Gasteiger partial charge >= 0.3 is 0 Å². The Labute approximate surface area is 257 Å². The average molecular weight is 612 g/mol. The standard InChI is InChI=1S/C34H34FN5O3S/c35-26-15-19-29(20-16-26)44(42,43)38-27-17-13-25(14-18-27)24-36-33(41)23-32-30-11-5-6-12-31(30)37-34(39-21-7-2-8-22-39)40(32)28-9-3-1-4-10-28/h1,3-6,9-20,32,38H,2,7-8,21-24H2,(H,36,41). The molecule has 226 valence electrons. The zero-order chi connectivity index (χ0) is 30.5. The minimum Gasteiger partial charge on any atom is -0.352 e. The van der Waals surface area contributed by atoms with Crippen LogP contribution in [-0.2, 0) is 21.4 Å². The molecule has 4 aromatic carbocycles. The van der Waals surface area contributed by atoms with Crippen LogP contribution < -0.4 is 14.9 Å². The number of hydrogen-bond donors (Lipinski definition) is 2. The maximum atomic E-state index is 13.5. The van der Waals surface area contributed by atoms with E-state index in [9.17, 15) is 17.6 Å². The smallest absolute Gasteiger partial charge is 0.261 e. The summed E-state index contributed by atoms with van der Waals surface area (Å²) in [4.78, 5) is 23.1. The molecule has 2 aliphatic rings. The highest BCUT2D eigenvalue weighted by Crippen LogP contribution is 2.40. The summed E-state index contributed by atoms with van der Waals surface area (Å²) in [6.45, 7) is 2.15. The summed E-state index contributed by atoms with van der Waals surface area (Å²) < 4.78 is 41.0. The number of hydrogen-bond acceptors (Lipinski definition) is 6. The van der Waals surface area contributed by atoms with Gasteiger partial charge in [-0.05, 0) is 79.4 Å². The molecule has 0 aliphatic carbocycles. The fourth-order valence-electron chi connectivity index (χ4n) is 5.68. The number of carbonyl (C=O) groups excluding carboxylic acids is 1. The number of halogens is 1. The maximum absolute atomic E-state index is 13.5. The molecule has 0 radical (unpaired) electrons. The van der Waals surface area contributed by atoms with Crippen LogP contribution in [0.2, 0.25) is 0 Å². The van der Waals surface area contributed by atoms with Crippen LogP contribution in [0.4, 0.5) is 21.5 Å². The van der Waals surface area contributed by atoms with Crippen LogP contribution in [0.15, 0.2) is 113 Å². The van der Waals surface area contributed by atoms with Crippen molar-refractivity contribution >= 4 is 39.0 Å². The van der Waals surface area contributed by atoms with E-state index in [-0.39, 0.29) is 29.8 Å². The van der Waals surface area contributed by atoms with Crippen molar-refractivity contribution in [2.24, 2.45) is 4.99 Å². The van der Waals surface area contributed by atoms with E-state index in [1.807, 2.05) is 42.5 Å². The minimum atomic E-state index is -3.85. The Bertz CT molecular complexity index is 1740. The summed E-state index contributed by atoms with van der Waals surface area (Å²) in [5, 5.41) is 3.05. The molecule has 1 atom stereocenters. The molecule has 0 aromatic heterocycles. The number of anilines is 2. The summed E-state index contributed by atoms with van der Waals surface area (Å²) in [6.07, 6.45) is 3.66. The molecule has 6 rings (SSSR count). The summed E-state index contributed by atoms with van der Waals surface area (Å²) >= 11 is 0. The van der Waals surface area contributed by atoms with E-state index < -0.39 is 15.8 Å². The lowest BCUT2D eigenvalue weighted by atomic mass is 9.97. The minimum absolute atomic E-state index is 0.0300. The number of nitrogens with zero attached hydrogens (tertiary/aromatic N) is 3. The predicted octanol–water partition coefficient (Wildman–Crippen LogP) is 6.37. The van der Waals surface area contributed by atoms with Gasteiger partial charge in [-0.25, -0.2) is 17.8 Å². The number of amides is 1. The fraction of sp³-hybridized carbons (Fsp3) is 0.235. The molecule has 8 nitrogen and oxygen atoms in total. The van der Waals surface area contributed by atoms with Gasteiger partial charge in [-0.2, -0.15) is 0 Å². The van der Waals surface area contributed by atoms with E-state index >= 15 is 0 Å². The number of piperidine rings is 1. The molecule has 0 spiro atoms. The third kappa shape index (κ3) is 6.60. The highest BCUT2D eigenvalue weighted by Gasteiger charge is 2.35. The van der Waals surface area contributed by atoms with Crippen LogP contribution >= 0.6 is 0 Å². The topological polar surface area (TPSA) is 94.1 Å². The van der Waals surface area contributed by atoms with Crippen molar-refractivity contribution < 1.29 is 17.6 Å². The monoisotopic (exact) mass is 611 g/mol. The third-order valence-electron chi connectivity index (χ3n) is 7.92. The summed E-state index contributed by atoms with van der Waals surface area (Å²) in [5.41, 5.74) is 4.07. The van der Waals surface area contributed by atoms with Crippen molar-refractivity contribution in [1.82, 2.24) is 10.2 Å². The first-order chi connectivity index (χ1) is 21.4. The SMILES string of the molecule is O=C(CC1c2ccccc2N=C(N2CCCCC2)N1c1ccccc1)NCc1ccc(NS(=O)(=O)c2ccc(F)cc2)cc1. The molecular formula is C34H34FN5O3S.